The predicted octanol–water partition coefficient (Wildman–Crippen LogP) is 5.29. The van der Waals surface area contributed by atoms with Gasteiger partial charge in [-0.2, -0.15) is 0 Å². The molecule has 0 aliphatic heterocycles. The minimum atomic E-state index is -0.301. The van der Waals surface area contributed by atoms with Gasteiger partial charge >= 0.3 is 5.97 Å². The number of halogens is 1. The third kappa shape index (κ3) is 4.04. The lowest BCUT2D eigenvalue weighted by molar-refractivity contribution is 0.0601. The summed E-state index contributed by atoms with van der Waals surface area (Å²) in [5.74, 6) is -0.301. The molecule has 3 rings (SSSR count). The lowest BCUT2D eigenvalue weighted by Gasteiger charge is -2.13. The fraction of sp³-hybridized carbons (Fsp3) is 0.333. The van der Waals surface area contributed by atoms with Crippen LogP contribution in [0.4, 0.5) is 10.7 Å². The summed E-state index contributed by atoms with van der Waals surface area (Å²) in [5, 5.41) is 7.64. The number of nitrogens with one attached hydrogen (secondary N) is 2. The average Bonchev–Trinajstić information content (AvgIpc) is 2.94. The van der Waals surface area contributed by atoms with Gasteiger partial charge in [0, 0.05) is 15.0 Å². The minimum absolute atomic E-state index is 0.301. The monoisotopic (exact) mass is 438 g/mol. The highest BCUT2D eigenvalue weighted by atomic mass is 79.9. The van der Waals surface area contributed by atoms with Crippen molar-refractivity contribution in [1.82, 2.24) is 0 Å². The van der Waals surface area contributed by atoms with Crippen LogP contribution in [0.15, 0.2) is 22.7 Å². The van der Waals surface area contributed by atoms with Gasteiger partial charge in [-0.15, -0.1) is 11.3 Å². The minimum Gasteiger partial charge on any atom is -0.465 e. The number of hydrogen-bond acceptors (Lipinski definition) is 4. The first-order valence-corrected chi connectivity index (χ1v) is 10.1. The zero-order valence-electron chi connectivity index (χ0n) is 14.1. The van der Waals surface area contributed by atoms with Gasteiger partial charge in [0.15, 0.2) is 5.11 Å². The second-order valence-corrected chi connectivity index (χ2v) is 8.37. The van der Waals surface area contributed by atoms with Gasteiger partial charge < -0.3 is 15.4 Å². The molecular weight excluding hydrogens is 420 g/mol. The van der Waals surface area contributed by atoms with Gasteiger partial charge in [-0.05, 0) is 74.2 Å². The fourth-order valence-electron chi connectivity index (χ4n) is 3.00. The molecule has 0 amide bonds. The molecular formula is C18H19BrN2O2S2. The maximum absolute atomic E-state index is 12.3. The van der Waals surface area contributed by atoms with E-state index in [1.807, 2.05) is 25.1 Å². The Morgan fingerprint density at radius 1 is 1.28 bits per heavy atom. The summed E-state index contributed by atoms with van der Waals surface area (Å²) in [4.78, 5) is 13.5. The number of hydrogen-bond donors (Lipinski definition) is 2. The maximum Gasteiger partial charge on any atom is 0.341 e. The Morgan fingerprint density at radius 3 is 2.76 bits per heavy atom. The van der Waals surface area contributed by atoms with E-state index in [-0.39, 0.29) is 5.97 Å². The maximum atomic E-state index is 12.3. The van der Waals surface area contributed by atoms with Gasteiger partial charge in [0.2, 0.25) is 0 Å². The van der Waals surface area contributed by atoms with Crippen molar-refractivity contribution in [2.45, 2.75) is 32.6 Å². The van der Waals surface area contributed by atoms with E-state index in [0.717, 1.165) is 52.0 Å². The summed E-state index contributed by atoms with van der Waals surface area (Å²) in [6.45, 7) is 2.01. The SMILES string of the molecule is COC(=O)c1c(NC(=S)Nc2ccc(Br)cc2C)sc2c1CCCC2. The van der Waals surface area contributed by atoms with Crippen LogP contribution in [0.1, 0.15) is 39.2 Å². The van der Waals surface area contributed by atoms with Crippen molar-refractivity contribution in [2.75, 3.05) is 17.7 Å². The van der Waals surface area contributed by atoms with Crippen LogP contribution in [0.5, 0.6) is 0 Å². The molecule has 7 heteroatoms. The molecule has 132 valence electrons. The van der Waals surface area contributed by atoms with Crippen molar-refractivity contribution in [3.05, 3.63) is 44.2 Å². The van der Waals surface area contributed by atoms with Crippen LogP contribution >= 0.6 is 39.5 Å². The molecule has 0 spiro atoms. The van der Waals surface area contributed by atoms with Crippen molar-refractivity contribution >= 4 is 61.3 Å². The zero-order chi connectivity index (χ0) is 18.0. The van der Waals surface area contributed by atoms with Crippen LogP contribution in [0.2, 0.25) is 0 Å². The zero-order valence-corrected chi connectivity index (χ0v) is 17.3. The number of ether oxygens (including phenoxy) is 1. The molecule has 1 aliphatic rings. The first-order valence-electron chi connectivity index (χ1n) is 8.06. The Hall–Kier alpha value is -1.44. The molecule has 1 aliphatic carbocycles. The quantitative estimate of drug-likeness (QED) is 0.503. The summed E-state index contributed by atoms with van der Waals surface area (Å²) in [6.07, 6.45) is 4.20. The number of anilines is 2. The van der Waals surface area contributed by atoms with E-state index in [1.165, 1.54) is 12.0 Å². The lowest BCUT2D eigenvalue weighted by atomic mass is 9.95. The Morgan fingerprint density at radius 2 is 2.04 bits per heavy atom. The molecule has 1 heterocycles. The van der Waals surface area contributed by atoms with Crippen molar-refractivity contribution in [3.8, 4) is 0 Å². The van der Waals surface area contributed by atoms with Crippen molar-refractivity contribution in [1.29, 1.82) is 0 Å². The topological polar surface area (TPSA) is 50.4 Å². The molecule has 0 fully saturated rings. The number of methoxy groups -OCH3 is 1. The van der Waals surface area contributed by atoms with Gasteiger partial charge in [-0.1, -0.05) is 15.9 Å². The summed E-state index contributed by atoms with van der Waals surface area (Å²) < 4.78 is 6.01. The number of carbonyl (C=O) groups excluding carboxylic acids is 1. The van der Waals surface area contributed by atoms with E-state index in [2.05, 4.69) is 26.6 Å². The highest BCUT2D eigenvalue weighted by Gasteiger charge is 2.26. The van der Waals surface area contributed by atoms with E-state index in [9.17, 15) is 4.79 Å². The van der Waals surface area contributed by atoms with E-state index in [0.29, 0.717) is 10.7 Å². The Bertz CT molecular complexity index is 833. The Labute approximate surface area is 165 Å². The first kappa shape index (κ1) is 18.4. The predicted molar refractivity (Wildman–Crippen MR) is 111 cm³/mol. The van der Waals surface area contributed by atoms with Crippen LogP contribution in [-0.2, 0) is 17.6 Å². The standard InChI is InChI=1S/C18H19BrN2O2S2/c1-10-9-11(19)7-8-13(10)20-18(24)21-16-15(17(22)23-2)12-5-3-4-6-14(12)25-16/h7-9H,3-6H2,1-2H3,(H2,20,21,24). The molecule has 0 unspecified atom stereocenters. The van der Waals surface area contributed by atoms with E-state index in [4.69, 9.17) is 17.0 Å². The molecule has 2 N–H and O–H groups in total. The highest BCUT2D eigenvalue weighted by Crippen LogP contribution is 2.38. The molecule has 0 bridgehead atoms. The molecule has 25 heavy (non-hydrogen) atoms. The Kier molecular flexibility index (Phi) is 5.76. The number of esters is 1. The van der Waals surface area contributed by atoms with E-state index < -0.39 is 0 Å². The molecule has 0 saturated heterocycles. The lowest BCUT2D eigenvalue weighted by Crippen LogP contribution is -2.20. The van der Waals surface area contributed by atoms with Gasteiger partial charge in [0.1, 0.15) is 5.00 Å². The normalized spacial score (nSPS) is 13.1. The number of aryl methyl sites for hydroxylation is 2. The molecule has 1 aromatic carbocycles. The number of benzene rings is 1. The van der Waals surface area contributed by atoms with Crippen molar-refractivity contribution in [2.24, 2.45) is 0 Å². The third-order valence-corrected chi connectivity index (χ3v) is 6.13. The number of carbonyl (C=O) groups is 1. The van der Waals surface area contributed by atoms with Crippen LogP contribution in [0.25, 0.3) is 0 Å². The second kappa shape index (κ2) is 7.85. The molecule has 0 radical (unpaired) electrons. The highest BCUT2D eigenvalue weighted by molar-refractivity contribution is 9.10. The van der Waals surface area contributed by atoms with Crippen molar-refractivity contribution < 1.29 is 9.53 Å². The van der Waals surface area contributed by atoms with Crippen molar-refractivity contribution in [3.63, 3.8) is 0 Å². The Balaban J connectivity index is 1.83. The molecule has 0 atom stereocenters. The summed E-state index contributed by atoms with van der Waals surface area (Å²) >= 11 is 10.5. The molecule has 2 aromatic rings. The third-order valence-electron chi connectivity index (χ3n) is 4.22. The largest absolute Gasteiger partial charge is 0.465 e. The number of rotatable bonds is 3. The second-order valence-electron chi connectivity index (χ2n) is 5.94. The van der Waals surface area contributed by atoms with Gasteiger partial charge in [0.25, 0.3) is 0 Å². The van der Waals surface area contributed by atoms with E-state index in [1.54, 1.807) is 11.3 Å². The number of fused-ring (bicyclic) bond motifs is 1. The fourth-order valence-corrected chi connectivity index (χ4v) is 5.03. The summed E-state index contributed by atoms with van der Waals surface area (Å²) in [7, 11) is 1.42. The van der Waals surface area contributed by atoms with Gasteiger partial charge in [0.05, 0.1) is 12.7 Å². The van der Waals surface area contributed by atoms with Gasteiger partial charge in [-0.25, -0.2) is 4.79 Å². The molecule has 0 saturated carbocycles. The van der Waals surface area contributed by atoms with Crippen LogP contribution in [-0.4, -0.2) is 18.2 Å². The first-order chi connectivity index (χ1) is 12.0. The average molecular weight is 439 g/mol. The van der Waals surface area contributed by atoms with Crippen LogP contribution in [0, 0.1) is 6.92 Å². The van der Waals surface area contributed by atoms with Crippen LogP contribution in [0.3, 0.4) is 0 Å². The summed E-state index contributed by atoms with van der Waals surface area (Å²) in [6, 6.07) is 5.95. The van der Waals surface area contributed by atoms with E-state index >= 15 is 0 Å². The molecule has 1 aromatic heterocycles. The number of thiophene rings is 1. The van der Waals surface area contributed by atoms with Crippen LogP contribution < -0.4 is 10.6 Å². The summed E-state index contributed by atoms with van der Waals surface area (Å²) in [5.41, 5.74) is 3.77. The molecule has 4 nitrogen and oxygen atoms in total. The smallest absolute Gasteiger partial charge is 0.341 e. The number of thiocarbonyl (C=S) groups is 1. The van der Waals surface area contributed by atoms with Gasteiger partial charge in [-0.3, -0.25) is 0 Å².